The maximum atomic E-state index is 12.7. The second-order valence-corrected chi connectivity index (χ2v) is 8.02. The molecule has 128 valence electrons. The molecule has 0 radical (unpaired) electrons. The summed E-state index contributed by atoms with van der Waals surface area (Å²) in [6.45, 7) is 5.89. The SMILES string of the molecule is CCCc1ccc(S(=O)(=O)N2CC[NH+]([C@H](C)C(N)=O)CC2)cc1. The van der Waals surface area contributed by atoms with Crippen molar-refractivity contribution in [1.82, 2.24) is 4.31 Å². The van der Waals surface area contributed by atoms with Crippen LogP contribution in [0.25, 0.3) is 0 Å². The van der Waals surface area contributed by atoms with Gasteiger partial charge >= 0.3 is 0 Å². The number of nitrogens with zero attached hydrogens (tertiary/aromatic N) is 1. The maximum Gasteiger partial charge on any atom is 0.275 e. The fourth-order valence-corrected chi connectivity index (χ4v) is 4.36. The summed E-state index contributed by atoms with van der Waals surface area (Å²) in [6.07, 6.45) is 1.99. The molecule has 6 nitrogen and oxygen atoms in total. The Balaban J connectivity index is 2.05. The predicted molar refractivity (Wildman–Crippen MR) is 88.5 cm³/mol. The van der Waals surface area contributed by atoms with E-state index < -0.39 is 10.0 Å². The van der Waals surface area contributed by atoms with Gasteiger partial charge in [0.2, 0.25) is 10.0 Å². The monoisotopic (exact) mass is 340 g/mol. The van der Waals surface area contributed by atoms with Crippen LogP contribution in [0, 0.1) is 0 Å². The fourth-order valence-electron chi connectivity index (χ4n) is 2.91. The first kappa shape index (κ1) is 17.9. The second-order valence-electron chi connectivity index (χ2n) is 6.08. The molecule has 23 heavy (non-hydrogen) atoms. The van der Waals surface area contributed by atoms with Crippen LogP contribution in [-0.4, -0.2) is 50.9 Å². The van der Waals surface area contributed by atoms with Crippen molar-refractivity contribution in [2.75, 3.05) is 26.2 Å². The van der Waals surface area contributed by atoms with Crippen LogP contribution in [-0.2, 0) is 21.2 Å². The topological polar surface area (TPSA) is 84.9 Å². The van der Waals surface area contributed by atoms with Gasteiger partial charge in [-0.15, -0.1) is 0 Å². The largest absolute Gasteiger partial charge is 0.365 e. The van der Waals surface area contributed by atoms with E-state index in [0.29, 0.717) is 31.1 Å². The zero-order valence-corrected chi connectivity index (χ0v) is 14.6. The normalized spacial score (nSPS) is 18.7. The van der Waals surface area contributed by atoms with Crippen LogP contribution in [0.1, 0.15) is 25.8 Å². The number of nitrogens with two attached hydrogens (primary N) is 1. The minimum atomic E-state index is -3.46. The Morgan fingerprint density at radius 3 is 2.30 bits per heavy atom. The summed E-state index contributed by atoms with van der Waals surface area (Å²) in [5.74, 6) is -0.345. The van der Waals surface area contributed by atoms with E-state index in [1.54, 1.807) is 19.1 Å². The number of hydrogen-bond donors (Lipinski definition) is 2. The van der Waals surface area contributed by atoms with Crippen LogP contribution >= 0.6 is 0 Å². The Morgan fingerprint density at radius 2 is 1.83 bits per heavy atom. The van der Waals surface area contributed by atoms with Gasteiger partial charge in [-0.05, 0) is 31.0 Å². The van der Waals surface area contributed by atoms with Crippen LogP contribution in [0.3, 0.4) is 0 Å². The van der Waals surface area contributed by atoms with Crippen LogP contribution in [0.5, 0.6) is 0 Å². The molecule has 0 spiro atoms. The van der Waals surface area contributed by atoms with Crippen LogP contribution in [0.15, 0.2) is 29.2 Å². The quantitative estimate of drug-likeness (QED) is 0.725. The Kier molecular flexibility index (Phi) is 5.78. The number of hydrogen-bond acceptors (Lipinski definition) is 3. The van der Waals surface area contributed by atoms with Gasteiger partial charge in [0.1, 0.15) is 0 Å². The van der Waals surface area contributed by atoms with E-state index in [-0.39, 0.29) is 11.9 Å². The van der Waals surface area contributed by atoms with Gasteiger partial charge in [-0.25, -0.2) is 8.42 Å². The van der Waals surface area contributed by atoms with Gasteiger partial charge in [-0.2, -0.15) is 4.31 Å². The van der Waals surface area contributed by atoms with Gasteiger partial charge in [0.25, 0.3) is 5.91 Å². The first-order valence-corrected chi connectivity index (χ1v) is 9.53. The maximum absolute atomic E-state index is 12.7. The molecular formula is C16H26N3O3S+. The fraction of sp³-hybridized carbons (Fsp3) is 0.562. The Hall–Kier alpha value is -1.44. The minimum Gasteiger partial charge on any atom is -0.365 e. The molecule has 1 aromatic rings. The molecule has 2 rings (SSSR count). The number of piperazine rings is 1. The predicted octanol–water partition coefficient (Wildman–Crippen LogP) is -0.598. The van der Waals surface area contributed by atoms with Crippen molar-refractivity contribution in [3.05, 3.63) is 29.8 Å². The zero-order chi connectivity index (χ0) is 17.0. The van der Waals surface area contributed by atoms with Crippen molar-refractivity contribution < 1.29 is 18.1 Å². The average Bonchev–Trinajstić information content (AvgIpc) is 2.55. The Bertz CT molecular complexity index is 635. The molecule has 0 saturated carbocycles. The number of quaternary nitrogens is 1. The highest BCUT2D eigenvalue weighted by Crippen LogP contribution is 2.17. The Labute approximate surface area is 138 Å². The summed E-state index contributed by atoms with van der Waals surface area (Å²) >= 11 is 0. The summed E-state index contributed by atoms with van der Waals surface area (Å²) in [5, 5.41) is 0. The third-order valence-electron chi connectivity index (χ3n) is 4.50. The van der Waals surface area contributed by atoms with E-state index in [1.807, 2.05) is 12.1 Å². The van der Waals surface area contributed by atoms with E-state index in [1.165, 1.54) is 4.31 Å². The second kappa shape index (κ2) is 7.42. The Morgan fingerprint density at radius 1 is 1.26 bits per heavy atom. The molecule has 0 aromatic heterocycles. The summed E-state index contributed by atoms with van der Waals surface area (Å²) in [5.41, 5.74) is 6.47. The number of rotatable bonds is 6. The van der Waals surface area contributed by atoms with Crippen molar-refractivity contribution in [2.45, 2.75) is 37.6 Å². The van der Waals surface area contributed by atoms with Gasteiger partial charge in [-0.1, -0.05) is 25.5 Å². The highest BCUT2D eigenvalue weighted by atomic mass is 32.2. The highest BCUT2D eigenvalue weighted by molar-refractivity contribution is 7.89. The highest BCUT2D eigenvalue weighted by Gasteiger charge is 2.33. The van der Waals surface area contributed by atoms with E-state index in [9.17, 15) is 13.2 Å². The molecule has 1 aliphatic heterocycles. The molecule has 1 aromatic carbocycles. The molecule has 0 bridgehead atoms. The molecule has 3 N–H and O–H groups in total. The number of amides is 1. The van der Waals surface area contributed by atoms with Gasteiger partial charge in [-0.3, -0.25) is 4.79 Å². The smallest absolute Gasteiger partial charge is 0.275 e. The van der Waals surface area contributed by atoms with Crippen molar-refractivity contribution in [2.24, 2.45) is 5.73 Å². The number of benzene rings is 1. The average molecular weight is 340 g/mol. The molecule has 1 fully saturated rings. The number of aryl methyl sites for hydroxylation is 1. The molecule has 1 amide bonds. The lowest BCUT2D eigenvalue weighted by Gasteiger charge is -2.33. The third-order valence-corrected chi connectivity index (χ3v) is 6.42. The molecule has 0 unspecified atom stereocenters. The van der Waals surface area contributed by atoms with Gasteiger partial charge in [0, 0.05) is 0 Å². The standard InChI is InChI=1S/C16H25N3O3S/c1-3-4-14-5-7-15(8-6-14)23(21,22)19-11-9-18(10-12-19)13(2)16(17)20/h5-8,13H,3-4,9-12H2,1-2H3,(H2,17,20)/p+1/t13-/m1/s1. The van der Waals surface area contributed by atoms with E-state index in [4.69, 9.17) is 5.73 Å². The number of sulfonamides is 1. The minimum absolute atomic E-state index is 0.284. The molecule has 1 heterocycles. The van der Waals surface area contributed by atoms with E-state index >= 15 is 0 Å². The molecular weight excluding hydrogens is 314 g/mol. The molecule has 1 saturated heterocycles. The number of primary amides is 1. The molecule has 1 atom stereocenters. The summed E-state index contributed by atoms with van der Waals surface area (Å²) in [4.78, 5) is 12.6. The van der Waals surface area contributed by atoms with Gasteiger partial charge < -0.3 is 10.6 Å². The first-order chi connectivity index (χ1) is 10.9. The van der Waals surface area contributed by atoms with Crippen LogP contribution in [0.4, 0.5) is 0 Å². The van der Waals surface area contributed by atoms with Gasteiger partial charge in [0.15, 0.2) is 6.04 Å². The number of carbonyl (C=O) groups is 1. The summed E-state index contributed by atoms with van der Waals surface area (Å²) in [7, 11) is -3.46. The zero-order valence-electron chi connectivity index (χ0n) is 13.8. The lowest BCUT2D eigenvalue weighted by molar-refractivity contribution is -0.917. The number of nitrogens with one attached hydrogen (secondary N) is 1. The first-order valence-electron chi connectivity index (χ1n) is 8.09. The van der Waals surface area contributed by atoms with Crippen molar-refractivity contribution in [1.29, 1.82) is 0 Å². The van der Waals surface area contributed by atoms with Crippen molar-refractivity contribution in [3.63, 3.8) is 0 Å². The lowest BCUT2D eigenvalue weighted by atomic mass is 10.1. The summed E-state index contributed by atoms with van der Waals surface area (Å²) < 4.78 is 26.9. The van der Waals surface area contributed by atoms with E-state index in [0.717, 1.165) is 23.3 Å². The van der Waals surface area contributed by atoms with Gasteiger partial charge in [0.05, 0.1) is 31.1 Å². The van der Waals surface area contributed by atoms with E-state index in [2.05, 4.69) is 6.92 Å². The molecule has 7 heteroatoms. The van der Waals surface area contributed by atoms with Crippen LogP contribution in [0.2, 0.25) is 0 Å². The summed E-state index contributed by atoms with van der Waals surface area (Å²) in [6, 6.07) is 6.85. The molecule has 1 aliphatic rings. The molecule has 0 aliphatic carbocycles. The van der Waals surface area contributed by atoms with Crippen LogP contribution < -0.4 is 10.6 Å². The third kappa shape index (κ3) is 4.10. The number of carbonyl (C=O) groups excluding carboxylic acids is 1. The lowest BCUT2D eigenvalue weighted by Crippen LogP contribution is -3.19. The van der Waals surface area contributed by atoms with Crippen molar-refractivity contribution in [3.8, 4) is 0 Å². The van der Waals surface area contributed by atoms with Crippen molar-refractivity contribution >= 4 is 15.9 Å².